The van der Waals surface area contributed by atoms with Gasteiger partial charge in [-0.15, -0.1) is 0 Å². The van der Waals surface area contributed by atoms with Crippen LogP contribution in [0.5, 0.6) is 0 Å². The summed E-state index contributed by atoms with van der Waals surface area (Å²) in [5.74, 6) is 0.597. The van der Waals surface area contributed by atoms with E-state index in [1.165, 1.54) is 11.3 Å². The zero-order valence-electron chi connectivity index (χ0n) is 14.5. The minimum absolute atomic E-state index is 0.177. The van der Waals surface area contributed by atoms with Crippen LogP contribution in [-0.2, 0) is 0 Å². The van der Waals surface area contributed by atoms with Crippen molar-refractivity contribution >= 4 is 5.69 Å². The maximum atomic E-state index is 10.1. The van der Waals surface area contributed by atoms with Crippen molar-refractivity contribution < 1.29 is 9.52 Å². The molecule has 0 spiro atoms. The van der Waals surface area contributed by atoms with Gasteiger partial charge in [-0.2, -0.15) is 0 Å². The first kappa shape index (κ1) is 17.0. The Morgan fingerprint density at radius 2 is 1.83 bits per heavy atom. The Morgan fingerprint density at radius 1 is 1.12 bits per heavy atom. The SMILES string of the molecule is CC(NCC(O)c1ccco1)c1ccc(N2CCN(C)CC2)cc1. The molecule has 1 aliphatic heterocycles. The van der Waals surface area contributed by atoms with Crippen molar-refractivity contribution in [1.82, 2.24) is 10.2 Å². The second-order valence-corrected chi connectivity index (χ2v) is 6.54. The number of hydrogen-bond acceptors (Lipinski definition) is 5. The van der Waals surface area contributed by atoms with Crippen LogP contribution in [0.2, 0.25) is 0 Å². The van der Waals surface area contributed by atoms with Crippen LogP contribution >= 0.6 is 0 Å². The quantitative estimate of drug-likeness (QED) is 0.852. The minimum atomic E-state index is -0.618. The summed E-state index contributed by atoms with van der Waals surface area (Å²) in [4.78, 5) is 4.80. The van der Waals surface area contributed by atoms with E-state index in [4.69, 9.17) is 4.42 Å². The van der Waals surface area contributed by atoms with Crippen LogP contribution < -0.4 is 10.2 Å². The molecule has 130 valence electrons. The highest BCUT2D eigenvalue weighted by Gasteiger charge is 2.15. The lowest BCUT2D eigenvalue weighted by Crippen LogP contribution is -2.44. The molecule has 2 aromatic rings. The Bertz CT molecular complexity index is 604. The van der Waals surface area contributed by atoms with E-state index in [0.717, 1.165) is 26.2 Å². The highest BCUT2D eigenvalue weighted by Crippen LogP contribution is 2.21. The van der Waals surface area contributed by atoms with Gasteiger partial charge in [-0.3, -0.25) is 0 Å². The summed E-state index contributed by atoms with van der Waals surface area (Å²) < 4.78 is 5.22. The van der Waals surface area contributed by atoms with Crippen LogP contribution in [-0.4, -0.2) is 49.8 Å². The second-order valence-electron chi connectivity index (χ2n) is 6.54. The molecule has 0 amide bonds. The highest BCUT2D eigenvalue weighted by atomic mass is 16.4. The summed E-state index contributed by atoms with van der Waals surface area (Å²) in [5, 5.41) is 13.4. The third kappa shape index (κ3) is 4.17. The van der Waals surface area contributed by atoms with Gasteiger partial charge in [0, 0.05) is 44.5 Å². The van der Waals surface area contributed by atoms with Gasteiger partial charge in [0.2, 0.25) is 0 Å². The van der Waals surface area contributed by atoms with Gasteiger partial charge in [0.15, 0.2) is 0 Å². The molecule has 3 rings (SSSR count). The number of piperazine rings is 1. The summed E-state index contributed by atoms with van der Waals surface area (Å²) in [6.07, 6.45) is 0.964. The molecule has 5 heteroatoms. The lowest BCUT2D eigenvalue weighted by molar-refractivity contribution is 0.144. The first-order valence-electron chi connectivity index (χ1n) is 8.62. The highest BCUT2D eigenvalue weighted by molar-refractivity contribution is 5.48. The van der Waals surface area contributed by atoms with Gasteiger partial charge >= 0.3 is 0 Å². The molecule has 1 aromatic carbocycles. The standard InChI is InChI=1S/C19H27N3O2/c1-15(20-14-18(23)19-4-3-13-24-19)16-5-7-17(8-6-16)22-11-9-21(2)10-12-22/h3-8,13,15,18,20,23H,9-12,14H2,1-2H3. The van der Waals surface area contributed by atoms with Crippen molar-refractivity contribution in [1.29, 1.82) is 0 Å². The van der Waals surface area contributed by atoms with E-state index in [1.807, 2.05) is 0 Å². The third-order valence-corrected chi connectivity index (χ3v) is 4.75. The van der Waals surface area contributed by atoms with Crippen LogP contribution in [0.4, 0.5) is 5.69 Å². The maximum Gasteiger partial charge on any atom is 0.133 e. The number of aliphatic hydroxyl groups excluding tert-OH is 1. The summed E-state index contributed by atoms with van der Waals surface area (Å²) in [7, 11) is 2.17. The Balaban J connectivity index is 1.53. The minimum Gasteiger partial charge on any atom is -0.467 e. The number of rotatable bonds is 6. The molecular weight excluding hydrogens is 302 g/mol. The van der Waals surface area contributed by atoms with Crippen LogP contribution in [0.1, 0.15) is 30.4 Å². The molecule has 2 unspecified atom stereocenters. The molecule has 1 aromatic heterocycles. The summed E-state index contributed by atoms with van der Waals surface area (Å²) in [5.41, 5.74) is 2.51. The smallest absolute Gasteiger partial charge is 0.133 e. The Kier molecular flexibility index (Phi) is 5.56. The van der Waals surface area contributed by atoms with Crippen LogP contribution in [0, 0.1) is 0 Å². The van der Waals surface area contributed by atoms with E-state index in [1.54, 1.807) is 18.4 Å². The lowest BCUT2D eigenvalue weighted by Gasteiger charge is -2.34. The molecule has 0 saturated carbocycles. The Morgan fingerprint density at radius 3 is 2.46 bits per heavy atom. The number of aliphatic hydroxyl groups is 1. The third-order valence-electron chi connectivity index (χ3n) is 4.75. The van der Waals surface area contributed by atoms with Gasteiger partial charge in [0.05, 0.1) is 6.26 Å². The number of anilines is 1. The van der Waals surface area contributed by atoms with Gasteiger partial charge in [-0.1, -0.05) is 12.1 Å². The average Bonchev–Trinajstić information content (AvgIpc) is 3.15. The fourth-order valence-corrected chi connectivity index (χ4v) is 3.03. The molecule has 0 radical (unpaired) electrons. The van der Waals surface area contributed by atoms with Crippen molar-refractivity contribution in [3.63, 3.8) is 0 Å². The number of furan rings is 1. The molecule has 1 fully saturated rings. The molecule has 2 N–H and O–H groups in total. The summed E-state index contributed by atoms with van der Waals surface area (Å²) in [6.45, 7) is 6.97. The molecule has 1 aliphatic rings. The number of hydrogen-bond donors (Lipinski definition) is 2. The number of nitrogens with zero attached hydrogens (tertiary/aromatic N) is 2. The molecule has 2 heterocycles. The largest absolute Gasteiger partial charge is 0.467 e. The van der Waals surface area contributed by atoms with Crippen molar-refractivity contribution in [2.24, 2.45) is 0 Å². The summed E-state index contributed by atoms with van der Waals surface area (Å²) >= 11 is 0. The van der Waals surface area contributed by atoms with Crippen LogP contribution in [0.25, 0.3) is 0 Å². The first-order chi connectivity index (χ1) is 11.6. The first-order valence-corrected chi connectivity index (χ1v) is 8.62. The summed E-state index contributed by atoms with van der Waals surface area (Å²) in [6, 6.07) is 12.5. The van der Waals surface area contributed by atoms with E-state index in [-0.39, 0.29) is 6.04 Å². The van der Waals surface area contributed by atoms with E-state index >= 15 is 0 Å². The van der Waals surface area contributed by atoms with E-state index in [2.05, 4.69) is 53.4 Å². The second kappa shape index (κ2) is 7.83. The molecule has 0 bridgehead atoms. The predicted octanol–water partition coefficient (Wildman–Crippen LogP) is 2.42. The molecule has 0 aliphatic carbocycles. The molecular formula is C19H27N3O2. The normalized spacial score (nSPS) is 18.5. The number of nitrogens with one attached hydrogen (secondary N) is 1. The van der Waals surface area contributed by atoms with Crippen molar-refractivity contribution in [2.45, 2.75) is 19.1 Å². The van der Waals surface area contributed by atoms with Crippen LogP contribution in [0.3, 0.4) is 0 Å². The van der Waals surface area contributed by atoms with Gasteiger partial charge < -0.3 is 24.6 Å². The van der Waals surface area contributed by atoms with Crippen molar-refractivity contribution in [2.75, 3.05) is 44.7 Å². The van der Waals surface area contributed by atoms with Crippen molar-refractivity contribution in [3.05, 3.63) is 54.0 Å². The number of benzene rings is 1. The van der Waals surface area contributed by atoms with Gasteiger partial charge in [-0.25, -0.2) is 0 Å². The Labute approximate surface area is 143 Å². The number of likely N-dealkylation sites (N-methyl/N-ethyl adjacent to an activating group) is 1. The van der Waals surface area contributed by atoms with E-state index in [0.29, 0.717) is 12.3 Å². The van der Waals surface area contributed by atoms with Gasteiger partial charge in [-0.05, 0) is 43.8 Å². The molecule has 1 saturated heterocycles. The maximum absolute atomic E-state index is 10.1. The lowest BCUT2D eigenvalue weighted by atomic mass is 10.1. The van der Waals surface area contributed by atoms with E-state index in [9.17, 15) is 5.11 Å². The van der Waals surface area contributed by atoms with Gasteiger partial charge in [0.1, 0.15) is 11.9 Å². The molecule has 5 nitrogen and oxygen atoms in total. The Hall–Kier alpha value is -1.82. The zero-order chi connectivity index (χ0) is 16.9. The van der Waals surface area contributed by atoms with Crippen LogP contribution in [0.15, 0.2) is 47.1 Å². The molecule has 24 heavy (non-hydrogen) atoms. The predicted molar refractivity (Wildman–Crippen MR) is 96.2 cm³/mol. The topological polar surface area (TPSA) is 51.9 Å². The zero-order valence-corrected chi connectivity index (χ0v) is 14.5. The average molecular weight is 329 g/mol. The van der Waals surface area contributed by atoms with Crippen molar-refractivity contribution in [3.8, 4) is 0 Å². The van der Waals surface area contributed by atoms with E-state index < -0.39 is 6.10 Å². The fraction of sp³-hybridized carbons (Fsp3) is 0.474. The molecule has 2 atom stereocenters. The van der Waals surface area contributed by atoms with Gasteiger partial charge in [0.25, 0.3) is 0 Å². The monoisotopic (exact) mass is 329 g/mol. The fourth-order valence-electron chi connectivity index (χ4n) is 3.03.